The van der Waals surface area contributed by atoms with E-state index in [2.05, 4.69) is 0 Å². The largest absolute Gasteiger partial charge is 0.480 e. The van der Waals surface area contributed by atoms with Crippen LogP contribution >= 0.6 is 35.6 Å². The maximum atomic E-state index is 12.8. The zero-order valence-corrected chi connectivity index (χ0v) is 18.6. The normalized spacial score (nSPS) is 16.2. The molecule has 1 saturated heterocycles. The number of thiocarbonyl (C=S) groups is 1. The van der Waals surface area contributed by atoms with Gasteiger partial charge in [0.2, 0.25) is 0 Å². The van der Waals surface area contributed by atoms with Crippen LogP contribution in [-0.2, 0) is 9.59 Å². The molecule has 0 bridgehead atoms. The zero-order chi connectivity index (χ0) is 22.7. The Morgan fingerprint density at radius 2 is 2.16 bits per heavy atom. The van der Waals surface area contributed by atoms with E-state index in [0.29, 0.717) is 29.9 Å². The molecule has 1 amide bonds. The van der Waals surface area contributed by atoms with Crippen molar-refractivity contribution in [1.29, 1.82) is 0 Å². The van der Waals surface area contributed by atoms with Crippen LogP contribution in [0.5, 0.6) is 0 Å². The first-order valence-corrected chi connectivity index (χ1v) is 10.9. The molecule has 162 valence electrons. The first-order chi connectivity index (χ1) is 14.7. The second kappa shape index (κ2) is 9.63. The summed E-state index contributed by atoms with van der Waals surface area (Å²) in [6, 6.07) is 6.26. The molecule has 8 nitrogen and oxygen atoms in total. The van der Waals surface area contributed by atoms with E-state index >= 15 is 0 Å². The predicted molar refractivity (Wildman–Crippen MR) is 122 cm³/mol. The number of nitrogens with zero attached hydrogens (tertiary/aromatic N) is 2. The van der Waals surface area contributed by atoms with Gasteiger partial charge in [-0.25, -0.2) is 4.79 Å². The van der Waals surface area contributed by atoms with Crippen molar-refractivity contribution in [2.75, 3.05) is 0 Å². The van der Waals surface area contributed by atoms with Crippen LogP contribution in [0.2, 0.25) is 5.02 Å². The van der Waals surface area contributed by atoms with Gasteiger partial charge in [0.05, 0.1) is 14.9 Å². The van der Waals surface area contributed by atoms with Crippen LogP contribution in [0, 0.1) is 10.1 Å². The minimum absolute atomic E-state index is 0.139. The summed E-state index contributed by atoms with van der Waals surface area (Å²) in [7, 11) is 0. The number of thioether (sulfide) groups is 1. The van der Waals surface area contributed by atoms with Crippen LogP contribution in [0.3, 0.4) is 0 Å². The van der Waals surface area contributed by atoms with Gasteiger partial charge >= 0.3 is 5.97 Å². The first-order valence-electron chi connectivity index (χ1n) is 9.27. The number of halogens is 1. The van der Waals surface area contributed by atoms with Gasteiger partial charge in [-0.3, -0.25) is 19.8 Å². The number of rotatable bonds is 8. The molecule has 0 spiro atoms. The molecule has 0 aliphatic carbocycles. The molecule has 0 unspecified atom stereocenters. The maximum absolute atomic E-state index is 12.8. The molecule has 1 aromatic heterocycles. The third-order valence-corrected chi connectivity index (χ3v) is 6.22. The highest BCUT2D eigenvalue weighted by molar-refractivity contribution is 8.26. The summed E-state index contributed by atoms with van der Waals surface area (Å²) in [4.78, 5) is 36.2. The number of nitro benzene ring substituents is 1. The SMILES string of the molecule is CCCC[C@@H](C(=O)O)N1C(=O)/C(=C\c2ccc(-c3ccc([N+](=O)[O-])cc3Cl)o2)SC1=S. The molecule has 1 atom stereocenters. The summed E-state index contributed by atoms with van der Waals surface area (Å²) >= 11 is 12.4. The highest BCUT2D eigenvalue weighted by Crippen LogP contribution is 2.37. The Morgan fingerprint density at radius 1 is 1.42 bits per heavy atom. The van der Waals surface area contributed by atoms with Gasteiger partial charge in [-0.1, -0.05) is 55.3 Å². The average molecular weight is 481 g/mol. The number of carbonyl (C=O) groups excluding carboxylic acids is 1. The Kier molecular flexibility index (Phi) is 7.14. The van der Waals surface area contributed by atoms with E-state index in [9.17, 15) is 24.8 Å². The molecule has 2 aromatic rings. The Bertz CT molecular complexity index is 1100. The maximum Gasteiger partial charge on any atom is 0.326 e. The third-order valence-electron chi connectivity index (χ3n) is 4.58. The summed E-state index contributed by atoms with van der Waals surface area (Å²) in [5, 5.41) is 20.5. The minimum atomic E-state index is -1.10. The summed E-state index contributed by atoms with van der Waals surface area (Å²) in [5.41, 5.74) is 0.324. The highest BCUT2D eigenvalue weighted by atomic mass is 35.5. The van der Waals surface area contributed by atoms with E-state index in [-0.39, 0.29) is 19.9 Å². The van der Waals surface area contributed by atoms with Crippen LogP contribution in [0.4, 0.5) is 5.69 Å². The second-order valence-corrected chi connectivity index (χ2v) is 8.75. The molecule has 1 aliphatic rings. The number of unbranched alkanes of at least 4 members (excludes halogenated alkanes) is 1. The molecule has 3 rings (SSSR count). The van der Waals surface area contributed by atoms with E-state index < -0.39 is 22.8 Å². The summed E-state index contributed by atoms with van der Waals surface area (Å²) in [6.45, 7) is 1.94. The molecule has 1 fully saturated rings. The molecule has 1 aromatic carbocycles. The lowest BCUT2D eigenvalue weighted by molar-refractivity contribution is -0.384. The van der Waals surface area contributed by atoms with Crippen molar-refractivity contribution < 1.29 is 24.0 Å². The first kappa shape index (κ1) is 23.0. The van der Waals surface area contributed by atoms with Crippen LogP contribution in [0.15, 0.2) is 39.7 Å². The lowest BCUT2D eigenvalue weighted by Crippen LogP contribution is -2.43. The summed E-state index contributed by atoms with van der Waals surface area (Å²) in [5.74, 6) is -0.873. The molecular weight excluding hydrogens is 464 g/mol. The van der Waals surface area contributed by atoms with E-state index in [1.54, 1.807) is 12.1 Å². The molecule has 11 heteroatoms. The Balaban J connectivity index is 1.84. The van der Waals surface area contributed by atoms with Crippen molar-refractivity contribution in [3.8, 4) is 11.3 Å². The van der Waals surface area contributed by atoms with E-state index in [1.165, 1.54) is 24.3 Å². The number of carboxylic acid groups (broad SMARTS) is 1. The topological polar surface area (TPSA) is 114 Å². The van der Waals surface area contributed by atoms with Gasteiger partial charge in [0.1, 0.15) is 21.9 Å². The van der Waals surface area contributed by atoms with Gasteiger partial charge in [-0.15, -0.1) is 0 Å². The number of nitro groups is 1. The van der Waals surface area contributed by atoms with Crippen molar-refractivity contribution >= 4 is 63.5 Å². The molecular formula is C20H17ClN2O6S2. The fraction of sp³-hybridized carbons (Fsp3) is 0.250. The van der Waals surface area contributed by atoms with Crippen molar-refractivity contribution in [2.45, 2.75) is 32.2 Å². The predicted octanol–water partition coefficient (Wildman–Crippen LogP) is 5.35. The van der Waals surface area contributed by atoms with Crippen LogP contribution < -0.4 is 0 Å². The number of aliphatic carboxylic acids is 1. The fourth-order valence-corrected chi connectivity index (χ4v) is 4.64. The molecule has 2 heterocycles. The second-order valence-electron chi connectivity index (χ2n) is 6.67. The van der Waals surface area contributed by atoms with Gasteiger partial charge in [-0.2, -0.15) is 0 Å². The standard InChI is InChI=1S/C20H17ClN2O6S2/c1-2-3-4-15(19(25)26)22-18(24)17(31-20(22)30)10-12-6-8-16(29-12)13-7-5-11(23(27)28)9-14(13)21/h5-10,15H,2-4H2,1H3,(H,25,26)/b17-10+/t15-/m0/s1. The number of furan rings is 1. The number of carboxylic acids is 1. The van der Waals surface area contributed by atoms with E-state index in [4.69, 9.17) is 28.2 Å². The lowest BCUT2D eigenvalue weighted by Gasteiger charge is -2.22. The molecule has 31 heavy (non-hydrogen) atoms. The quantitative estimate of drug-likeness (QED) is 0.232. The Hall–Kier alpha value is -2.69. The van der Waals surface area contributed by atoms with Crippen molar-refractivity contribution in [3.63, 3.8) is 0 Å². The van der Waals surface area contributed by atoms with Gasteiger partial charge in [0.15, 0.2) is 0 Å². The number of benzene rings is 1. The molecule has 0 saturated carbocycles. The number of amides is 1. The average Bonchev–Trinajstić information content (AvgIpc) is 3.27. The zero-order valence-electron chi connectivity index (χ0n) is 16.2. The van der Waals surface area contributed by atoms with Crippen molar-refractivity contribution in [2.24, 2.45) is 0 Å². The van der Waals surface area contributed by atoms with Crippen LogP contribution in [0.1, 0.15) is 31.9 Å². The third kappa shape index (κ3) is 4.97. The monoisotopic (exact) mass is 480 g/mol. The summed E-state index contributed by atoms with van der Waals surface area (Å²) < 4.78 is 5.92. The van der Waals surface area contributed by atoms with Gasteiger partial charge in [-0.05, 0) is 24.6 Å². The lowest BCUT2D eigenvalue weighted by atomic mass is 10.1. The number of hydrogen-bond donors (Lipinski definition) is 1. The number of hydrogen-bond acceptors (Lipinski definition) is 7. The van der Waals surface area contributed by atoms with Crippen molar-refractivity contribution in [3.05, 3.63) is 56.1 Å². The van der Waals surface area contributed by atoms with Gasteiger partial charge in [0.25, 0.3) is 11.6 Å². The van der Waals surface area contributed by atoms with E-state index in [1.807, 2.05) is 6.92 Å². The highest BCUT2D eigenvalue weighted by Gasteiger charge is 2.40. The number of non-ortho nitro benzene ring substituents is 1. The fourth-order valence-electron chi connectivity index (χ4n) is 3.03. The molecule has 0 radical (unpaired) electrons. The van der Waals surface area contributed by atoms with E-state index in [0.717, 1.165) is 23.1 Å². The smallest absolute Gasteiger partial charge is 0.326 e. The summed E-state index contributed by atoms with van der Waals surface area (Å²) in [6.07, 6.45) is 3.26. The molecule has 1 aliphatic heterocycles. The van der Waals surface area contributed by atoms with Gasteiger partial charge in [0, 0.05) is 23.8 Å². The number of carbonyl (C=O) groups is 2. The minimum Gasteiger partial charge on any atom is -0.480 e. The molecule has 1 N–H and O–H groups in total. The Morgan fingerprint density at radius 3 is 2.77 bits per heavy atom. The van der Waals surface area contributed by atoms with Crippen LogP contribution in [-0.4, -0.2) is 37.2 Å². The van der Waals surface area contributed by atoms with Gasteiger partial charge < -0.3 is 9.52 Å². The van der Waals surface area contributed by atoms with Crippen molar-refractivity contribution in [1.82, 2.24) is 4.90 Å². The Labute approximate surface area is 192 Å². The van der Waals surface area contributed by atoms with Crippen LogP contribution in [0.25, 0.3) is 17.4 Å².